The van der Waals surface area contributed by atoms with E-state index < -0.39 is 11.4 Å². The van der Waals surface area contributed by atoms with Crippen LogP contribution in [-0.2, 0) is 11.2 Å². The van der Waals surface area contributed by atoms with Gasteiger partial charge in [-0.1, -0.05) is 6.42 Å². The first kappa shape index (κ1) is 12.6. The van der Waals surface area contributed by atoms with Crippen molar-refractivity contribution >= 4 is 17.3 Å². The zero-order chi connectivity index (χ0) is 12.5. The van der Waals surface area contributed by atoms with Crippen LogP contribution >= 0.6 is 11.3 Å². The maximum Gasteiger partial charge on any atom is 0.309 e. The van der Waals surface area contributed by atoms with E-state index in [0.29, 0.717) is 12.3 Å². The van der Waals surface area contributed by atoms with Crippen LogP contribution < -0.4 is 0 Å². The van der Waals surface area contributed by atoms with Crippen molar-refractivity contribution in [3.8, 4) is 0 Å². The predicted molar refractivity (Wildman–Crippen MR) is 68.4 cm³/mol. The van der Waals surface area contributed by atoms with Crippen LogP contribution in [0.1, 0.15) is 56.2 Å². The molecule has 1 heterocycles. The molecule has 0 atom stereocenters. The van der Waals surface area contributed by atoms with Crippen LogP contribution in [0.2, 0.25) is 0 Å². The van der Waals surface area contributed by atoms with Gasteiger partial charge in [-0.2, -0.15) is 0 Å². The standard InChI is InChI=1S/C13H19NO2S/c1-13(2,12(15)16)7-6-11-14-10(8-17-11)9-4-3-5-9/h8-9H,3-7H2,1-2H3,(H,15,16). The van der Waals surface area contributed by atoms with Gasteiger partial charge in [0.2, 0.25) is 0 Å². The molecular formula is C13H19NO2S. The summed E-state index contributed by atoms with van der Waals surface area (Å²) in [7, 11) is 0. The Balaban J connectivity index is 1.91. The Hall–Kier alpha value is -0.900. The van der Waals surface area contributed by atoms with Gasteiger partial charge in [-0.05, 0) is 33.1 Å². The van der Waals surface area contributed by atoms with Crippen molar-refractivity contribution in [3.63, 3.8) is 0 Å². The highest BCUT2D eigenvalue weighted by Gasteiger charge is 2.27. The van der Waals surface area contributed by atoms with Crippen LogP contribution in [0.4, 0.5) is 0 Å². The summed E-state index contributed by atoms with van der Waals surface area (Å²) in [4.78, 5) is 15.6. The molecule has 1 N–H and O–H groups in total. The fourth-order valence-corrected chi connectivity index (χ4v) is 2.74. The SMILES string of the molecule is CC(C)(CCc1nc(C2CCC2)cs1)C(=O)O. The first-order valence-corrected chi connectivity index (χ1v) is 7.05. The van der Waals surface area contributed by atoms with Gasteiger partial charge in [0.15, 0.2) is 0 Å². The zero-order valence-electron chi connectivity index (χ0n) is 10.4. The quantitative estimate of drug-likeness (QED) is 0.874. The number of thiazole rings is 1. The second kappa shape index (κ2) is 4.77. The monoisotopic (exact) mass is 253 g/mol. The summed E-state index contributed by atoms with van der Waals surface area (Å²) < 4.78 is 0. The maximum atomic E-state index is 11.0. The Labute approximate surface area is 106 Å². The van der Waals surface area contributed by atoms with Gasteiger partial charge in [0.1, 0.15) is 0 Å². The molecule has 1 fully saturated rings. The Morgan fingerprint density at radius 3 is 2.82 bits per heavy atom. The molecule has 17 heavy (non-hydrogen) atoms. The van der Waals surface area contributed by atoms with Crippen molar-refractivity contribution in [1.82, 2.24) is 4.98 Å². The highest BCUT2D eigenvalue weighted by Crippen LogP contribution is 2.37. The van der Waals surface area contributed by atoms with Gasteiger partial charge in [0.25, 0.3) is 0 Å². The van der Waals surface area contributed by atoms with E-state index in [1.54, 1.807) is 25.2 Å². The van der Waals surface area contributed by atoms with Crippen LogP contribution in [0.5, 0.6) is 0 Å². The third-order valence-electron chi connectivity index (χ3n) is 3.64. The Morgan fingerprint density at radius 1 is 1.59 bits per heavy atom. The van der Waals surface area contributed by atoms with E-state index in [9.17, 15) is 4.79 Å². The lowest BCUT2D eigenvalue weighted by Crippen LogP contribution is -2.24. The van der Waals surface area contributed by atoms with Crippen LogP contribution in [0.15, 0.2) is 5.38 Å². The minimum atomic E-state index is -0.728. The average Bonchev–Trinajstić information content (AvgIpc) is 2.60. The molecule has 0 spiro atoms. The normalized spacial score (nSPS) is 16.8. The fourth-order valence-electron chi connectivity index (χ4n) is 1.86. The van der Waals surface area contributed by atoms with Crippen molar-refractivity contribution in [2.24, 2.45) is 5.41 Å². The molecule has 0 aliphatic heterocycles. The van der Waals surface area contributed by atoms with Crippen molar-refractivity contribution in [3.05, 3.63) is 16.1 Å². The first-order valence-electron chi connectivity index (χ1n) is 6.17. The lowest BCUT2D eigenvalue weighted by atomic mass is 9.83. The number of hydrogen-bond donors (Lipinski definition) is 1. The molecular weight excluding hydrogens is 234 g/mol. The molecule has 0 radical (unpaired) electrons. The average molecular weight is 253 g/mol. The highest BCUT2D eigenvalue weighted by molar-refractivity contribution is 7.09. The topological polar surface area (TPSA) is 50.2 Å². The maximum absolute atomic E-state index is 11.0. The largest absolute Gasteiger partial charge is 0.481 e. The Kier molecular flexibility index (Phi) is 3.52. The van der Waals surface area contributed by atoms with Crippen molar-refractivity contribution in [1.29, 1.82) is 0 Å². The molecule has 0 amide bonds. The van der Waals surface area contributed by atoms with Gasteiger partial charge in [-0.3, -0.25) is 4.79 Å². The molecule has 94 valence electrons. The third-order valence-corrected chi connectivity index (χ3v) is 4.56. The van der Waals surface area contributed by atoms with Crippen LogP contribution in [0, 0.1) is 5.41 Å². The summed E-state index contributed by atoms with van der Waals surface area (Å²) >= 11 is 1.68. The molecule has 1 saturated carbocycles. The number of carboxylic acid groups (broad SMARTS) is 1. The number of aliphatic carboxylic acids is 1. The lowest BCUT2D eigenvalue weighted by Gasteiger charge is -2.23. The zero-order valence-corrected chi connectivity index (χ0v) is 11.2. The summed E-state index contributed by atoms with van der Waals surface area (Å²) in [5.74, 6) is -0.0549. The molecule has 1 aromatic heterocycles. The van der Waals surface area contributed by atoms with E-state index in [2.05, 4.69) is 10.4 Å². The van der Waals surface area contributed by atoms with Gasteiger partial charge in [-0.15, -0.1) is 11.3 Å². The molecule has 0 saturated heterocycles. The summed E-state index contributed by atoms with van der Waals surface area (Å²) in [6, 6.07) is 0. The van der Waals surface area contributed by atoms with Crippen molar-refractivity contribution < 1.29 is 9.90 Å². The number of carboxylic acids is 1. The van der Waals surface area contributed by atoms with E-state index in [-0.39, 0.29) is 0 Å². The van der Waals surface area contributed by atoms with E-state index in [0.717, 1.165) is 11.4 Å². The van der Waals surface area contributed by atoms with E-state index in [1.807, 2.05) is 0 Å². The fraction of sp³-hybridized carbons (Fsp3) is 0.692. The Bertz CT molecular complexity index is 407. The molecule has 0 aromatic carbocycles. The number of rotatable bonds is 5. The predicted octanol–water partition coefficient (Wildman–Crippen LogP) is 3.45. The lowest BCUT2D eigenvalue weighted by molar-refractivity contribution is -0.147. The Morgan fingerprint density at radius 2 is 2.29 bits per heavy atom. The van der Waals surface area contributed by atoms with E-state index in [1.165, 1.54) is 25.0 Å². The van der Waals surface area contributed by atoms with Gasteiger partial charge in [0.05, 0.1) is 16.1 Å². The van der Waals surface area contributed by atoms with Crippen molar-refractivity contribution in [2.45, 2.75) is 51.9 Å². The number of nitrogens with zero attached hydrogens (tertiary/aromatic N) is 1. The van der Waals surface area contributed by atoms with E-state index >= 15 is 0 Å². The molecule has 3 nitrogen and oxygen atoms in total. The first-order chi connectivity index (χ1) is 7.99. The minimum absolute atomic E-state index is 0.650. The van der Waals surface area contributed by atoms with Crippen molar-refractivity contribution in [2.75, 3.05) is 0 Å². The smallest absolute Gasteiger partial charge is 0.309 e. The van der Waals surface area contributed by atoms with Crippen LogP contribution in [0.3, 0.4) is 0 Å². The minimum Gasteiger partial charge on any atom is -0.481 e. The van der Waals surface area contributed by atoms with E-state index in [4.69, 9.17) is 5.11 Å². The number of hydrogen-bond acceptors (Lipinski definition) is 3. The number of aromatic nitrogens is 1. The van der Waals surface area contributed by atoms with Gasteiger partial charge in [-0.25, -0.2) is 4.98 Å². The second-order valence-corrected chi connectivity index (χ2v) is 6.43. The number of aryl methyl sites for hydroxylation is 1. The molecule has 1 aliphatic carbocycles. The summed E-state index contributed by atoms with van der Waals surface area (Å²) in [5, 5.41) is 12.3. The second-order valence-electron chi connectivity index (χ2n) is 5.48. The molecule has 1 aliphatic rings. The molecule has 0 bridgehead atoms. The molecule has 0 unspecified atom stereocenters. The van der Waals surface area contributed by atoms with Gasteiger partial charge in [0, 0.05) is 17.7 Å². The van der Waals surface area contributed by atoms with Gasteiger partial charge < -0.3 is 5.11 Å². The summed E-state index contributed by atoms with van der Waals surface area (Å²) in [6.07, 6.45) is 5.29. The van der Waals surface area contributed by atoms with Crippen LogP contribution in [0.25, 0.3) is 0 Å². The third kappa shape index (κ3) is 2.86. The molecule has 2 rings (SSSR count). The summed E-state index contributed by atoms with van der Waals surface area (Å²) in [5.41, 5.74) is 0.576. The van der Waals surface area contributed by atoms with Gasteiger partial charge >= 0.3 is 5.97 Å². The molecule has 4 heteroatoms. The van der Waals surface area contributed by atoms with Crippen LogP contribution in [-0.4, -0.2) is 16.1 Å². The summed E-state index contributed by atoms with van der Waals surface area (Å²) in [6.45, 7) is 3.55. The highest BCUT2D eigenvalue weighted by atomic mass is 32.1. The number of carbonyl (C=O) groups is 1. The molecule has 1 aromatic rings.